The molecule has 172 valence electrons. The zero-order valence-electron chi connectivity index (χ0n) is 18.5. The number of hydrogen-bond donors (Lipinski definition) is 3. The zero-order valence-corrected chi connectivity index (χ0v) is 19.3. The van der Waals surface area contributed by atoms with E-state index in [-0.39, 0.29) is 17.3 Å². The highest BCUT2D eigenvalue weighted by Gasteiger charge is 2.18. The van der Waals surface area contributed by atoms with Gasteiger partial charge in [0.25, 0.3) is 15.9 Å². The van der Waals surface area contributed by atoms with E-state index >= 15 is 0 Å². The molecule has 3 rings (SSSR count). The van der Waals surface area contributed by atoms with Gasteiger partial charge in [-0.25, -0.2) is 8.42 Å². The van der Waals surface area contributed by atoms with Gasteiger partial charge in [0.2, 0.25) is 5.91 Å². The van der Waals surface area contributed by atoms with Gasteiger partial charge in [-0.3, -0.25) is 14.3 Å². The summed E-state index contributed by atoms with van der Waals surface area (Å²) in [4.78, 5) is 24.5. The van der Waals surface area contributed by atoms with E-state index < -0.39 is 15.9 Å². The maximum absolute atomic E-state index is 12.9. The Bertz CT molecular complexity index is 1250. The Morgan fingerprint density at radius 1 is 0.879 bits per heavy atom. The van der Waals surface area contributed by atoms with Gasteiger partial charge < -0.3 is 15.4 Å². The molecule has 0 aliphatic heterocycles. The van der Waals surface area contributed by atoms with Crippen LogP contribution in [0, 0.1) is 13.8 Å². The first-order valence-corrected chi connectivity index (χ1v) is 11.6. The topological polar surface area (TPSA) is 114 Å². The summed E-state index contributed by atoms with van der Waals surface area (Å²) in [6.45, 7) is 3.32. The maximum Gasteiger partial charge on any atom is 0.262 e. The molecule has 0 bridgehead atoms. The van der Waals surface area contributed by atoms with Gasteiger partial charge in [-0.2, -0.15) is 0 Å². The summed E-state index contributed by atoms with van der Waals surface area (Å²) >= 11 is 0. The predicted molar refractivity (Wildman–Crippen MR) is 127 cm³/mol. The second kappa shape index (κ2) is 10.2. The molecule has 0 aliphatic rings. The molecule has 0 aliphatic carbocycles. The minimum absolute atomic E-state index is 0.0276. The number of aryl methyl sites for hydroxylation is 2. The van der Waals surface area contributed by atoms with E-state index in [2.05, 4.69) is 15.4 Å². The lowest BCUT2D eigenvalue weighted by Crippen LogP contribution is -2.32. The average Bonchev–Trinajstić information content (AvgIpc) is 2.79. The molecule has 9 heteroatoms. The van der Waals surface area contributed by atoms with Gasteiger partial charge >= 0.3 is 0 Å². The number of amides is 2. The van der Waals surface area contributed by atoms with Crippen molar-refractivity contribution in [2.75, 3.05) is 23.7 Å². The van der Waals surface area contributed by atoms with E-state index in [1.165, 1.54) is 13.2 Å². The number of carbonyl (C=O) groups is 2. The molecular weight excluding hydrogens is 442 g/mol. The van der Waals surface area contributed by atoms with Crippen molar-refractivity contribution in [1.29, 1.82) is 0 Å². The number of rotatable bonds is 8. The number of sulfonamides is 1. The zero-order chi connectivity index (χ0) is 24.0. The van der Waals surface area contributed by atoms with Gasteiger partial charge in [0.05, 0.1) is 18.6 Å². The number of anilines is 2. The van der Waals surface area contributed by atoms with Crippen molar-refractivity contribution in [3.8, 4) is 5.75 Å². The lowest BCUT2D eigenvalue weighted by atomic mass is 10.1. The first-order valence-electron chi connectivity index (χ1n) is 10.1. The molecule has 8 nitrogen and oxygen atoms in total. The second-order valence-electron chi connectivity index (χ2n) is 7.41. The third-order valence-electron chi connectivity index (χ3n) is 4.83. The number of nitrogens with one attached hydrogen (secondary N) is 3. The third-order valence-corrected chi connectivity index (χ3v) is 6.35. The van der Waals surface area contributed by atoms with E-state index in [1.54, 1.807) is 55.5 Å². The van der Waals surface area contributed by atoms with Crippen LogP contribution in [0.2, 0.25) is 0 Å². The highest BCUT2D eigenvalue weighted by Crippen LogP contribution is 2.24. The smallest absolute Gasteiger partial charge is 0.262 e. The minimum Gasteiger partial charge on any atom is -0.497 e. The highest BCUT2D eigenvalue weighted by molar-refractivity contribution is 7.92. The summed E-state index contributed by atoms with van der Waals surface area (Å²) in [7, 11) is -2.37. The summed E-state index contributed by atoms with van der Waals surface area (Å²) < 4.78 is 33.4. The standard InChI is InChI=1S/C24H25N3O5S/c1-16-4-7-18(8-5-16)24(29)25-15-23(28)26-20-9-6-17(2)22(14-20)33(30,31)27-19-10-12-21(32-3)13-11-19/h4-14,27H,15H2,1-3H3,(H,25,29)(H,26,28). The summed E-state index contributed by atoms with van der Waals surface area (Å²) in [5, 5.41) is 5.16. The fourth-order valence-electron chi connectivity index (χ4n) is 3.01. The van der Waals surface area contributed by atoms with E-state index in [9.17, 15) is 18.0 Å². The highest BCUT2D eigenvalue weighted by atomic mass is 32.2. The van der Waals surface area contributed by atoms with Crippen LogP contribution in [-0.4, -0.2) is 33.9 Å². The SMILES string of the molecule is COc1ccc(NS(=O)(=O)c2cc(NC(=O)CNC(=O)c3ccc(C)cc3)ccc2C)cc1. The Labute approximate surface area is 193 Å². The van der Waals surface area contributed by atoms with Crippen molar-refractivity contribution in [2.24, 2.45) is 0 Å². The Morgan fingerprint density at radius 2 is 1.52 bits per heavy atom. The number of ether oxygens (including phenoxy) is 1. The molecule has 0 spiro atoms. The van der Waals surface area contributed by atoms with Gasteiger partial charge in [0.1, 0.15) is 5.75 Å². The van der Waals surface area contributed by atoms with E-state index in [1.807, 2.05) is 19.1 Å². The first kappa shape index (κ1) is 23.8. The Morgan fingerprint density at radius 3 is 2.15 bits per heavy atom. The predicted octanol–water partition coefficient (Wildman–Crippen LogP) is 3.48. The monoisotopic (exact) mass is 467 g/mol. The van der Waals surface area contributed by atoms with Gasteiger partial charge in [-0.15, -0.1) is 0 Å². The van der Waals surface area contributed by atoms with Crippen LogP contribution in [0.15, 0.2) is 71.6 Å². The van der Waals surface area contributed by atoms with Crippen LogP contribution in [0.1, 0.15) is 21.5 Å². The molecule has 0 aromatic heterocycles. The molecule has 0 atom stereocenters. The number of carbonyl (C=O) groups excluding carboxylic acids is 2. The lowest BCUT2D eigenvalue weighted by Gasteiger charge is -2.13. The van der Waals surface area contributed by atoms with Gasteiger partial charge in [0, 0.05) is 16.9 Å². The first-order chi connectivity index (χ1) is 15.7. The average molecular weight is 468 g/mol. The van der Waals surface area contributed by atoms with Crippen LogP contribution in [0.4, 0.5) is 11.4 Å². The van der Waals surface area contributed by atoms with Crippen molar-refractivity contribution < 1.29 is 22.7 Å². The normalized spacial score (nSPS) is 10.9. The van der Waals surface area contributed by atoms with Crippen LogP contribution >= 0.6 is 0 Å². The van der Waals surface area contributed by atoms with Gasteiger partial charge in [-0.1, -0.05) is 23.8 Å². The molecule has 2 amide bonds. The van der Waals surface area contributed by atoms with E-state index in [4.69, 9.17) is 4.74 Å². The number of benzene rings is 3. The summed E-state index contributed by atoms with van der Waals surface area (Å²) in [5.41, 5.74) is 2.66. The summed E-state index contributed by atoms with van der Waals surface area (Å²) in [6.07, 6.45) is 0. The molecule has 33 heavy (non-hydrogen) atoms. The lowest BCUT2D eigenvalue weighted by molar-refractivity contribution is -0.115. The molecule has 0 saturated heterocycles. The fourth-order valence-corrected chi connectivity index (χ4v) is 4.34. The van der Waals surface area contributed by atoms with Crippen LogP contribution in [0.5, 0.6) is 5.75 Å². The largest absolute Gasteiger partial charge is 0.497 e. The molecule has 0 fully saturated rings. The molecule has 0 heterocycles. The van der Waals surface area contributed by atoms with Crippen molar-refractivity contribution >= 4 is 33.2 Å². The molecule has 3 N–H and O–H groups in total. The van der Waals surface area contributed by atoms with Crippen molar-refractivity contribution in [3.63, 3.8) is 0 Å². The van der Waals surface area contributed by atoms with Gasteiger partial charge in [0.15, 0.2) is 0 Å². The quantitative estimate of drug-likeness (QED) is 0.469. The van der Waals surface area contributed by atoms with E-state index in [0.29, 0.717) is 28.3 Å². The van der Waals surface area contributed by atoms with Crippen LogP contribution < -0.4 is 20.1 Å². The summed E-state index contributed by atoms with van der Waals surface area (Å²) in [6, 6.07) is 18.0. The minimum atomic E-state index is -3.90. The maximum atomic E-state index is 12.9. The molecule has 3 aromatic rings. The van der Waals surface area contributed by atoms with Crippen molar-refractivity contribution in [1.82, 2.24) is 5.32 Å². The fraction of sp³-hybridized carbons (Fsp3) is 0.167. The third kappa shape index (κ3) is 6.33. The molecule has 0 unspecified atom stereocenters. The van der Waals surface area contributed by atoms with Crippen molar-refractivity contribution in [3.05, 3.63) is 83.4 Å². The van der Waals surface area contributed by atoms with Crippen LogP contribution in [-0.2, 0) is 14.8 Å². The van der Waals surface area contributed by atoms with Crippen LogP contribution in [0.25, 0.3) is 0 Å². The van der Waals surface area contributed by atoms with Gasteiger partial charge in [-0.05, 0) is 67.9 Å². The number of hydrogen-bond acceptors (Lipinski definition) is 5. The summed E-state index contributed by atoms with van der Waals surface area (Å²) in [5.74, 6) is -0.250. The Hall–Kier alpha value is -3.85. The molecule has 0 saturated carbocycles. The number of methoxy groups -OCH3 is 1. The Kier molecular flexibility index (Phi) is 7.34. The van der Waals surface area contributed by atoms with Crippen molar-refractivity contribution in [2.45, 2.75) is 18.7 Å². The molecule has 0 radical (unpaired) electrons. The second-order valence-corrected chi connectivity index (χ2v) is 9.06. The van der Waals surface area contributed by atoms with E-state index in [0.717, 1.165) is 5.56 Å². The van der Waals surface area contributed by atoms with Crippen LogP contribution in [0.3, 0.4) is 0 Å². The Balaban J connectivity index is 1.66. The molecule has 3 aromatic carbocycles. The molecular formula is C24H25N3O5S.